The fraction of sp³-hybridized carbons (Fsp3) is 0.385. The Labute approximate surface area is 104 Å². The van der Waals surface area contributed by atoms with Crippen LogP contribution in [0.3, 0.4) is 0 Å². The summed E-state index contributed by atoms with van der Waals surface area (Å²) in [6, 6.07) is 4.91. The lowest BCUT2D eigenvalue weighted by molar-refractivity contribution is 0.359. The zero-order valence-corrected chi connectivity index (χ0v) is 9.97. The number of aromatic nitrogens is 2. The quantitative estimate of drug-likeness (QED) is 0.787. The summed E-state index contributed by atoms with van der Waals surface area (Å²) in [6.45, 7) is 1.85. The molecular weight excluding hydrogens is 230 g/mol. The van der Waals surface area contributed by atoms with Crippen LogP contribution in [0.15, 0.2) is 29.3 Å². The Kier molecular flexibility index (Phi) is 2.76. The number of hydrogen-bond acceptors (Lipinski definition) is 4. The smallest absolute Gasteiger partial charge is 0.261 e. The Morgan fingerprint density at radius 2 is 2.11 bits per heavy atom. The maximum Gasteiger partial charge on any atom is 0.261 e. The molecule has 0 aliphatic carbocycles. The van der Waals surface area contributed by atoms with Gasteiger partial charge in [-0.15, -0.1) is 0 Å². The van der Waals surface area contributed by atoms with E-state index in [9.17, 15) is 9.90 Å². The van der Waals surface area contributed by atoms with E-state index in [0.717, 1.165) is 25.9 Å². The molecule has 1 aliphatic heterocycles. The Bertz CT molecular complexity index is 630. The van der Waals surface area contributed by atoms with Crippen molar-refractivity contribution in [3.05, 3.63) is 34.9 Å². The average molecular weight is 245 g/mol. The SMILES string of the molecule is O=c1c2cc(O)ccc2ncn1C1CCNCC1. The number of rotatable bonds is 1. The van der Waals surface area contributed by atoms with Crippen LogP contribution in [-0.4, -0.2) is 27.7 Å². The lowest BCUT2D eigenvalue weighted by Crippen LogP contribution is -2.34. The Morgan fingerprint density at radius 1 is 1.33 bits per heavy atom. The molecule has 0 amide bonds. The number of aromatic hydroxyl groups is 1. The minimum Gasteiger partial charge on any atom is -0.508 e. The highest BCUT2D eigenvalue weighted by Gasteiger charge is 2.17. The van der Waals surface area contributed by atoms with Crippen LogP contribution in [0, 0.1) is 0 Å². The third-order valence-electron chi connectivity index (χ3n) is 3.47. The number of phenolic OH excluding ortho intramolecular Hbond substituents is 1. The van der Waals surface area contributed by atoms with Crippen molar-refractivity contribution in [2.45, 2.75) is 18.9 Å². The molecule has 1 aromatic heterocycles. The van der Waals surface area contributed by atoms with Crippen LogP contribution in [0.1, 0.15) is 18.9 Å². The van der Waals surface area contributed by atoms with Crippen molar-refractivity contribution in [3.8, 4) is 5.75 Å². The number of piperidine rings is 1. The van der Waals surface area contributed by atoms with E-state index in [0.29, 0.717) is 10.9 Å². The molecule has 0 bridgehead atoms. The van der Waals surface area contributed by atoms with Gasteiger partial charge >= 0.3 is 0 Å². The predicted octanol–water partition coefficient (Wildman–Crippen LogP) is 1.03. The van der Waals surface area contributed by atoms with E-state index in [-0.39, 0.29) is 17.4 Å². The second kappa shape index (κ2) is 4.42. The predicted molar refractivity (Wildman–Crippen MR) is 68.8 cm³/mol. The fourth-order valence-corrected chi connectivity index (χ4v) is 2.47. The molecule has 2 heterocycles. The molecule has 3 rings (SSSR count). The largest absolute Gasteiger partial charge is 0.508 e. The Morgan fingerprint density at radius 3 is 2.89 bits per heavy atom. The maximum atomic E-state index is 12.4. The third-order valence-corrected chi connectivity index (χ3v) is 3.47. The van der Waals surface area contributed by atoms with Gasteiger partial charge in [0.15, 0.2) is 0 Å². The molecule has 0 atom stereocenters. The van der Waals surface area contributed by atoms with E-state index in [4.69, 9.17) is 0 Å². The molecule has 0 radical (unpaired) electrons. The van der Waals surface area contributed by atoms with Crippen LogP contribution in [0.5, 0.6) is 5.75 Å². The highest BCUT2D eigenvalue weighted by molar-refractivity contribution is 5.78. The maximum absolute atomic E-state index is 12.4. The van der Waals surface area contributed by atoms with E-state index in [1.807, 2.05) is 0 Å². The number of phenols is 1. The molecule has 1 aromatic carbocycles. The fourth-order valence-electron chi connectivity index (χ4n) is 2.47. The van der Waals surface area contributed by atoms with Crippen molar-refractivity contribution in [2.24, 2.45) is 0 Å². The van der Waals surface area contributed by atoms with Gasteiger partial charge in [-0.1, -0.05) is 0 Å². The van der Waals surface area contributed by atoms with Crippen LogP contribution in [-0.2, 0) is 0 Å². The van der Waals surface area contributed by atoms with E-state index in [1.165, 1.54) is 6.07 Å². The lowest BCUT2D eigenvalue weighted by Gasteiger charge is -2.24. The molecule has 2 N–H and O–H groups in total. The third kappa shape index (κ3) is 1.86. The minimum atomic E-state index is -0.0669. The van der Waals surface area contributed by atoms with Crippen LogP contribution < -0.4 is 10.9 Å². The highest BCUT2D eigenvalue weighted by atomic mass is 16.3. The molecule has 2 aromatic rings. The van der Waals surface area contributed by atoms with E-state index >= 15 is 0 Å². The summed E-state index contributed by atoms with van der Waals surface area (Å²) < 4.78 is 1.70. The number of nitrogens with zero attached hydrogens (tertiary/aromatic N) is 2. The van der Waals surface area contributed by atoms with Crippen molar-refractivity contribution < 1.29 is 5.11 Å². The molecule has 0 spiro atoms. The van der Waals surface area contributed by atoms with Crippen molar-refractivity contribution in [1.82, 2.24) is 14.9 Å². The molecule has 0 saturated carbocycles. The number of fused-ring (bicyclic) bond motifs is 1. The number of nitrogens with one attached hydrogen (secondary N) is 1. The standard InChI is InChI=1S/C13H15N3O2/c17-10-1-2-12-11(7-10)13(18)16(8-15-12)9-3-5-14-6-4-9/h1-2,7-9,14,17H,3-6H2. The monoisotopic (exact) mass is 245 g/mol. The first-order valence-electron chi connectivity index (χ1n) is 6.16. The molecule has 5 nitrogen and oxygen atoms in total. The lowest BCUT2D eigenvalue weighted by atomic mass is 10.1. The van der Waals surface area contributed by atoms with Crippen molar-refractivity contribution in [2.75, 3.05) is 13.1 Å². The summed E-state index contributed by atoms with van der Waals surface area (Å²) in [5.41, 5.74) is 0.561. The molecular formula is C13H15N3O2. The van der Waals surface area contributed by atoms with Gasteiger partial charge in [0.1, 0.15) is 5.75 Å². The Hall–Kier alpha value is -1.88. The van der Waals surface area contributed by atoms with Gasteiger partial charge < -0.3 is 10.4 Å². The van der Waals surface area contributed by atoms with Gasteiger partial charge in [-0.2, -0.15) is 0 Å². The van der Waals surface area contributed by atoms with Crippen molar-refractivity contribution in [1.29, 1.82) is 0 Å². The van der Waals surface area contributed by atoms with E-state index in [2.05, 4.69) is 10.3 Å². The summed E-state index contributed by atoms with van der Waals surface area (Å²) in [7, 11) is 0. The first kappa shape index (κ1) is 11.2. The molecule has 5 heteroatoms. The molecule has 94 valence electrons. The van der Waals surface area contributed by atoms with Crippen LogP contribution >= 0.6 is 0 Å². The van der Waals surface area contributed by atoms with Gasteiger partial charge in [0.2, 0.25) is 0 Å². The summed E-state index contributed by atoms with van der Waals surface area (Å²) >= 11 is 0. The topological polar surface area (TPSA) is 67.1 Å². The normalized spacial score (nSPS) is 17.1. The molecule has 1 saturated heterocycles. The molecule has 1 fully saturated rings. The van der Waals surface area contributed by atoms with Crippen molar-refractivity contribution in [3.63, 3.8) is 0 Å². The van der Waals surface area contributed by atoms with Gasteiger partial charge in [-0.25, -0.2) is 4.98 Å². The molecule has 0 unspecified atom stereocenters. The van der Waals surface area contributed by atoms with Gasteiger partial charge in [-0.05, 0) is 44.1 Å². The summed E-state index contributed by atoms with van der Waals surface area (Å²) in [5, 5.41) is 13.2. The van der Waals surface area contributed by atoms with Gasteiger partial charge in [0.25, 0.3) is 5.56 Å². The van der Waals surface area contributed by atoms with E-state index in [1.54, 1.807) is 23.0 Å². The Balaban J connectivity index is 2.13. The van der Waals surface area contributed by atoms with Crippen LogP contribution in [0.25, 0.3) is 10.9 Å². The second-order valence-corrected chi connectivity index (χ2v) is 4.64. The first-order valence-corrected chi connectivity index (χ1v) is 6.16. The first-order chi connectivity index (χ1) is 8.75. The van der Waals surface area contributed by atoms with Crippen LogP contribution in [0.4, 0.5) is 0 Å². The van der Waals surface area contributed by atoms with E-state index < -0.39 is 0 Å². The zero-order valence-electron chi connectivity index (χ0n) is 9.97. The van der Waals surface area contributed by atoms with Gasteiger partial charge in [0, 0.05) is 6.04 Å². The average Bonchev–Trinajstić information content (AvgIpc) is 2.41. The highest BCUT2D eigenvalue weighted by Crippen LogP contribution is 2.19. The summed E-state index contributed by atoms with van der Waals surface area (Å²) in [6.07, 6.45) is 3.50. The van der Waals surface area contributed by atoms with Gasteiger partial charge in [0.05, 0.1) is 17.2 Å². The molecule has 18 heavy (non-hydrogen) atoms. The number of hydrogen-bond donors (Lipinski definition) is 2. The van der Waals surface area contributed by atoms with Crippen molar-refractivity contribution >= 4 is 10.9 Å². The summed E-state index contributed by atoms with van der Waals surface area (Å²) in [5.74, 6) is 0.101. The minimum absolute atomic E-state index is 0.0669. The number of benzene rings is 1. The van der Waals surface area contributed by atoms with Gasteiger partial charge in [-0.3, -0.25) is 9.36 Å². The molecule has 1 aliphatic rings. The zero-order chi connectivity index (χ0) is 12.5. The summed E-state index contributed by atoms with van der Waals surface area (Å²) in [4.78, 5) is 16.7. The second-order valence-electron chi connectivity index (χ2n) is 4.64. The van der Waals surface area contributed by atoms with Crippen LogP contribution in [0.2, 0.25) is 0 Å².